The summed E-state index contributed by atoms with van der Waals surface area (Å²) >= 11 is 11.9. The zero-order chi connectivity index (χ0) is 13.9. The van der Waals surface area contributed by atoms with Crippen LogP contribution in [0.15, 0.2) is 65.7 Å². The Hall–Kier alpha value is -1.83. The summed E-state index contributed by atoms with van der Waals surface area (Å²) in [4.78, 5) is 4.46. The fourth-order valence-electron chi connectivity index (χ4n) is 2.07. The third-order valence-corrected chi connectivity index (χ3v) is 3.82. The quantitative estimate of drug-likeness (QED) is 0.523. The molecule has 0 amide bonds. The van der Waals surface area contributed by atoms with Gasteiger partial charge in [0, 0.05) is 11.8 Å². The van der Waals surface area contributed by atoms with E-state index in [0.717, 1.165) is 11.3 Å². The predicted molar refractivity (Wildman–Crippen MR) is 87.7 cm³/mol. The van der Waals surface area contributed by atoms with Gasteiger partial charge in [-0.3, -0.25) is 4.99 Å². The fourth-order valence-corrected chi connectivity index (χ4v) is 2.36. The Balaban J connectivity index is 2.00. The molecule has 0 heterocycles. The van der Waals surface area contributed by atoms with E-state index in [1.54, 1.807) is 12.1 Å². The minimum Gasteiger partial charge on any atom is -0.256 e. The average molecular weight is 300 g/mol. The Bertz CT molecular complexity index is 789. The van der Waals surface area contributed by atoms with Crippen LogP contribution >= 0.6 is 23.2 Å². The SMILES string of the molecule is Clc1ccc(N=Cc2cccc3ccccc23)cc1Cl. The van der Waals surface area contributed by atoms with Crippen LogP contribution in [-0.2, 0) is 0 Å². The molecule has 0 aliphatic rings. The van der Waals surface area contributed by atoms with E-state index in [9.17, 15) is 0 Å². The van der Waals surface area contributed by atoms with Crippen LogP contribution in [-0.4, -0.2) is 6.21 Å². The number of hydrogen-bond donors (Lipinski definition) is 0. The van der Waals surface area contributed by atoms with Gasteiger partial charge in [-0.1, -0.05) is 65.7 Å². The standard InChI is InChI=1S/C17H11Cl2N/c18-16-9-8-14(10-17(16)19)20-11-13-6-3-5-12-4-1-2-7-15(12)13/h1-11H. The summed E-state index contributed by atoms with van der Waals surface area (Å²) in [6.45, 7) is 0. The van der Waals surface area contributed by atoms with E-state index in [2.05, 4.69) is 23.2 Å². The van der Waals surface area contributed by atoms with Crippen molar-refractivity contribution in [2.24, 2.45) is 4.99 Å². The first kappa shape index (κ1) is 13.2. The van der Waals surface area contributed by atoms with Crippen LogP contribution in [0, 0.1) is 0 Å². The van der Waals surface area contributed by atoms with Crippen LogP contribution in [0.2, 0.25) is 10.0 Å². The van der Waals surface area contributed by atoms with E-state index in [4.69, 9.17) is 23.2 Å². The third kappa shape index (κ3) is 2.69. The van der Waals surface area contributed by atoms with E-state index in [1.165, 1.54) is 10.8 Å². The Kier molecular flexibility index (Phi) is 3.72. The summed E-state index contributed by atoms with van der Waals surface area (Å²) in [6.07, 6.45) is 1.85. The second kappa shape index (κ2) is 5.66. The molecule has 3 heteroatoms. The summed E-state index contributed by atoms with van der Waals surface area (Å²) in [5.41, 5.74) is 1.86. The van der Waals surface area contributed by atoms with Crippen LogP contribution in [0.5, 0.6) is 0 Å². The van der Waals surface area contributed by atoms with Gasteiger partial charge in [-0.15, -0.1) is 0 Å². The molecular weight excluding hydrogens is 289 g/mol. The molecule has 3 rings (SSSR count). The number of aliphatic imine (C=N–C) groups is 1. The number of nitrogens with zero attached hydrogens (tertiary/aromatic N) is 1. The Morgan fingerprint density at radius 1 is 0.800 bits per heavy atom. The molecule has 3 aromatic rings. The molecule has 0 saturated carbocycles. The predicted octanol–water partition coefficient (Wildman–Crippen LogP) is 5.90. The van der Waals surface area contributed by atoms with E-state index < -0.39 is 0 Å². The number of benzene rings is 3. The van der Waals surface area contributed by atoms with Crippen LogP contribution in [0.25, 0.3) is 10.8 Å². The van der Waals surface area contributed by atoms with E-state index in [-0.39, 0.29) is 0 Å². The normalized spacial score (nSPS) is 11.3. The first-order valence-corrected chi connectivity index (χ1v) is 6.96. The van der Waals surface area contributed by atoms with Crippen LogP contribution < -0.4 is 0 Å². The molecule has 0 N–H and O–H groups in total. The van der Waals surface area contributed by atoms with Gasteiger partial charge in [-0.05, 0) is 29.0 Å². The summed E-state index contributed by atoms with van der Waals surface area (Å²) in [7, 11) is 0. The molecule has 0 aromatic heterocycles. The van der Waals surface area contributed by atoms with Gasteiger partial charge in [0.15, 0.2) is 0 Å². The molecule has 98 valence electrons. The highest BCUT2D eigenvalue weighted by atomic mass is 35.5. The highest BCUT2D eigenvalue weighted by Crippen LogP contribution is 2.26. The summed E-state index contributed by atoms with van der Waals surface area (Å²) < 4.78 is 0. The van der Waals surface area contributed by atoms with Gasteiger partial charge >= 0.3 is 0 Å². The maximum atomic E-state index is 5.98. The van der Waals surface area contributed by atoms with Gasteiger partial charge < -0.3 is 0 Å². The summed E-state index contributed by atoms with van der Waals surface area (Å²) in [6, 6.07) is 19.7. The molecule has 0 aliphatic carbocycles. The van der Waals surface area contributed by atoms with Crippen molar-refractivity contribution in [1.29, 1.82) is 0 Å². The van der Waals surface area contributed by atoms with Crippen molar-refractivity contribution >= 4 is 45.9 Å². The molecular formula is C17H11Cl2N. The van der Waals surface area contributed by atoms with Crippen LogP contribution in [0.1, 0.15) is 5.56 Å². The molecule has 20 heavy (non-hydrogen) atoms. The van der Waals surface area contributed by atoms with Gasteiger partial charge in [0.25, 0.3) is 0 Å². The highest BCUT2D eigenvalue weighted by Gasteiger charge is 1.99. The lowest BCUT2D eigenvalue weighted by Gasteiger charge is -2.01. The number of rotatable bonds is 2. The van der Waals surface area contributed by atoms with E-state index >= 15 is 0 Å². The van der Waals surface area contributed by atoms with Crippen molar-refractivity contribution in [3.05, 3.63) is 76.3 Å². The minimum atomic E-state index is 0.513. The Morgan fingerprint density at radius 3 is 2.45 bits per heavy atom. The molecule has 0 bridgehead atoms. The monoisotopic (exact) mass is 299 g/mol. The molecule has 0 unspecified atom stereocenters. The van der Waals surface area contributed by atoms with Gasteiger partial charge in [-0.2, -0.15) is 0 Å². The van der Waals surface area contributed by atoms with Gasteiger partial charge in [0.1, 0.15) is 0 Å². The lowest BCUT2D eigenvalue weighted by atomic mass is 10.1. The van der Waals surface area contributed by atoms with Crippen molar-refractivity contribution in [3.8, 4) is 0 Å². The van der Waals surface area contributed by atoms with Crippen molar-refractivity contribution in [2.75, 3.05) is 0 Å². The number of hydrogen-bond acceptors (Lipinski definition) is 1. The summed E-state index contributed by atoms with van der Waals surface area (Å²) in [5.74, 6) is 0. The zero-order valence-corrected chi connectivity index (χ0v) is 12.1. The average Bonchev–Trinajstić information content (AvgIpc) is 2.48. The van der Waals surface area contributed by atoms with Crippen molar-refractivity contribution < 1.29 is 0 Å². The van der Waals surface area contributed by atoms with Gasteiger partial charge in [-0.25, -0.2) is 0 Å². The van der Waals surface area contributed by atoms with Gasteiger partial charge in [0.05, 0.1) is 15.7 Å². The van der Waals surface area contributed by atoms with Crippen LogP contribution in [0.3, 0.4) is 0 Å². The first-order chi connectivity index (χ1) is 9.74. The fraction of sp³-hybridized carbons (Fsp3) is 0. The molecule has 0 spiro atoms. The topological polar surface area (TPSA) is 12.4 Å². The molecule has 0 saturated heterocycles. The third-order valence-electron chi connectivity index (χ3n) is 3.08. The molecule has 0 aliphatic heterocycles. The largest absolute Gasteiger partial charge is 0.256 e. The number of fused-ring (bicyclic) bond motifs is 1. The van der Waals surface area contributed by atoms with Gasteiger partial charge in [0.2, 0.25) is 0 Å². The Labute approximate surface area is 127 Å². The zero-order valence-electron chi connectivity index (χ0n) is 10.6. The minimum absolute atomic E-state index is 0.513. The van der Waals surface area contributed by atoms with Crippen molar-refractivity contribution in [2.45, 2.75) is 0 Å². The second-order valence-electron chi connectivity index (χ2n) is 4.42. The smallest absolute Gasteiger partial charge is 0.0645 e. The molecule has 0 fully saturated rings. The first-order valence-electron chi connectivity index (χ1n) is 6.21. The maximum absolute atomic E-state index is 5.98. The van der Waals surface area contributed by atoms with Crippen molar-refractivity contribution in [1.82, 2.24) is 0 Å². The molecule has 0 atom stereocenters. The molecule has 1 nitrogen and oxygen atoms in total. The highest BCUT2D eigenvalue weighted by molar-refractivity contribution is 6.42. The summed E-state index contributed by atoms with van der Waals surface area (Å²) in [5, 5.41) is 3.43. The maximum Gasteiger partial charge on any atom is 0.0645 e. The second-order valence-corrected chi connectivity index (χ2v) is 5.24. The van der Waals surface area contributed by atoms with E-state index in [1.807, 2.05) is 36.5 Å². The van der Waals surface area contributed by atoms with Crippen LogP contribution in [0.4, 0.5) is 5.69 Å². The van der Waals surface area contributed by atoms with E-state index in [0.29, 0.717) is 10.0 Å². The van der Waals surface area contributed by atoms with Crippen molar-refractivity contribution in [3.63, 3.8) is 0 Å². The molecule has 0 radical (unpaired) electrons. The lowest BCUT2D eigenvalue weighted by molar-refractivity contribution is 1.53. The number of halogens is 2. The Morgan fingerprint density at radius 2 is 1.60 bits per heavy atom. The lowest BCUT2D eigenvalue weighted by Crippen LogP contribution is -1.83. The molecule has 3 aromatic carbocycles.